The Hall–Kier alpha value is -1.10. The fourth-order valence-electron chi connectivity index (χ4n) is 7.69. The average Bonchev–Trinajstić information content (AvgIpc) is 3.13. The van der Waals surface area contributed by atoms with Crippen molar-refractivity contribution in [3.8, 4) is 0 Å². The summed E-state index contributed by atoms with van der Waals surface area (Å²) in [6, 6.07) is 0. The maximum Gasteiger partial charge on any atom is 0.306 e. The SMILES string of the molecule is CCCCC(CCCC)CC(=O)OCCCCCCCCCCC(CCCCCCCCCCOC(=O)CC(CCCC)CCCC)CCN(C)C. The second-order valence-corrected chi connectivity index (χ2v) is 16.8. The van der Waals surface area contributed by atoms with E-state index in [2.05, 4.69) is 46.7 Å². The highest BCUT2D eigenvalue weighted by Gasteiger charge is 2.16. The highest BCUT2D eigenvalue weighted by Crippen LogP contribution is 2.24. The molecule has 0 aliphatic rings. The third-order valence-corrected chi connectivity index (χ3v) is 11.3. The van der Waals surface area contributed by atoms with Crippen molar-refractivity contribution in [3.05, 3.63) is 0 Å². The number of nitrogens with zero attached hydrogens (tertiary/aromatic N) is 1. The molecule has 0 amide bonds. The van der Waals surface area contributed by atoms with Crippen LogP contribution in [-0.4, -0.2) is 50.7 Å². The highest BCUT2D eigenvalue weighted by atomic mass is 16.5. The Bertz CT molecular complexity index is 684. The third kappa shape index (κ3) is 35.9. The van der Waals surface area contributed by atoms with Crippen molar-refractivity contribution in [2.75, 3.05) is 33.9 Å². The second kappa shape index (κ2) is 39.6. The minimum atomic E-state index is 0.0314. The van der Waals surface area contributed by atoms with E-state index in [4.69, 9.17) is 9.47 Å². The molecular formula is C47H93NO4. The first-order chi connectivity index (χ1) is 25.4. The molecule has 0 unspecified atom stereocenters. The number of ether oxygens (including phenoxy) is 2. The maximum absolute atomic E-state index is 12.3. The van der Waals surface area contributed by atoms with Gasteiger partial charge in [-0.25, -0.2) is 0 Å². The number of carbonyl (C=O) groups excluding carboxylic acids is 2. The van der Waals surface area contributed by atoms with Gasteiger partial charge in [-0.3, -0.25) is 9.59 Å². The summed E-state index contributed by atoms with van der Waals surface area (Å²) < 4.78 is 11.2. The summed E-state index contributed by atoms with van der Waals surface area (Å²) >= 11 is 0. The van der Waals surface area contributed by atoms with Crippen LogP contribution in [0.4, 0.5) is 0 Å². The molecule has 0 spiro atoms. The summed E-state index contributed by atoms with van der Waals surface area (Å²) in [5.41, 5.74) is 0. The van der Waals surface area contributed by atoms with Crippen LogP contribution in [0.2, 0.25) is 0 Å². The van der Waals surface area contributed by atoms with Gasteiger partial charge in [-0.05, 0) is 83.3 Å². The molecule has 0 N–H and O–H groups in total. The van der Waals surface area contributed by atoms with Crippen LogP contribution in [0.5, 0.6) is 0 Å². The predicted molar refractivity (Wildman–Crippen MR) is 226 cm³/mol. The van der Waals surface area contributed by atoms with E-state index in [0.29, 0.717) is 37.9 Å². The monoisotopic (exact) mass is 736 g/mol. The number of hydrogen-bond acceptors (Lipinski definition) is 5. The minimum Gasteiger partial charge on any atom is -0.466 e. The van der Waals surface area contributed by atoms with Gasteiger partial charge in [0.05, 0.1) is 13.2 Å². The molecule has 0 aliphatic heterocycles. The molecule has 0 fully saturated rings. The lowest BCUT2D eigenvalue weighted by atomic mass is 9.91. The van der Waals surface area contributed by atoms with Crippen LogP contribution in [0.3, 0.4) is 0 Å². The summed E-state index contributed by atoms with van der Waals surface area (Å²) in [6.45, 7) is 11.4. The molecule has 0 atom stereocenters. The van der Waals surface area contributed by atoms with Gasteiger partial charge in [-0.1, -0.05) is 182 Å². The van der Waals surface area contributed by atoms with Crippen molar-refractivity contribution in [1.29, 1.82) is 0 Å². The first-order valence-electron chi connectivity index (χ1n) is 23.3. The normalized spacial score (nSPS) is 11.8. The lowest BCUT2D eigenvalue weighted by molar-refractivity contribution is -0.146. The zero-order valence-electron chi connectivity index (χ0n) is 36.3. The van der Waals surface area contributed by atoms with Crippen LogP contribution in [0.15, 0.2) is 0 Å². The van der Waals surface area contributed by atoms with Gasteiger partial charge in [-0.2, -0.15) is 0 Å². The minimum absolute atomic E-state index is 0.0314. The summed E-state index contributed by atoms with van der Waals surface area (Å²) in [6.07, 6.45) is 40.4. The van der Waals surface area contributed by atoms with Crippen molar-refractivity contribution in [1.82, 2.24) is 4.90 Å². The van der Waals surface area contributed by atoms with E-state index in [9.17, 15) is 9.59 Å². The average molecular weight is 736 g/mol. The van der Waals surface area contributed by atoms with E-state index < -0.39 is 0 Å². The molecule has 0 radical (unpaired) electrons. The molecule has 52 heavy (non-hydrogen) atoms. The largest absolute Gasteiger partial charge is 0.466 e. The molecule has 0 saturated carbocycles. The van der Waals surface area contributed by atoms with E-state index in [1.165, 1.54) is 193 Å². The fraction of sp³-hybridized carbons (Fsp3) is 0.957. The van der Waals surface area contributed by atoms with Crippen molar-refractivity contribution in [2.24, 2.45) is 17.8 Å². The van der Waals surface area contributed by atoms with Gasteiger partial charge in [0.2, 0.25) is 0 Å². The Labute approximate surface area is 326 Å². The summed E-state index contributed by atoms with van der Waals surface area (Å²) in [7, 11) is 4.42. The van der Waals surface area contributed by atoms with Crippen LogP contribution in [-0.2, 0) is 19.1 Å². The molecule has 310 valence electrons. The van der Waals surface area contributed by atoms with Crippen LogP contribution >= 0.6 is 0 Å². The summed E-state index contributed by atoms with van der Waals surface area (Å²) in [5, 5.41) is 0. The molecule has 5 nitrogen and oxygen atoms in total. The Morgan fingerprint density at radius 3 is 0.981 bits per heavy atom. The van der Waals surface area contributed by atoms with Gasteiger partial charge in [-0.15, -0.1) is 0 Å². The molecule has 0 aliphatic carbocycles. The summed E-state index contributed by atoms with van der Waals surface area (Å²) in [5.74, 6) is 1.99. The molecule has 5 heteroatoms. The smallest absolute Gasteiger partial charge is 0.306 e. The van der Waals surface area contributed by atoms with Gasteiger partial charge in [0.25, 0.3) is 0 Å². The second-order valence-electron chi connectivity index (χ2n) is 16.8. The van der Waals surface area contributed by atoms with Crippen molar-refractivity contribution >= 4 is 11.9 Å². The third-order valence-electron chi connectivity index (χ3n) is 11.3. The van der Waals surface area contributed by atoms with Gasteiger partial charge >= 0.3 is 11.9 Å². The van der Waals surface area contributed by atoms with E-state index in [1.807, 2.05) is 0 Å². The van der Waals surface area contributed by atoms with E-state index in [1.54, 1.807) is 0 Å². The lowest BCUT2D eigenvalue weighted by Gasteiger charge is -2.19. The quantitative estimate of drug-likeness (QED) is 0.0462. The number of esters is 2. The first kappa shape index (κ1) is 50.9. The highest BCUT2D eigenvalue weighted by molar-refractivity contribution is 5.70. The Kier molecular flexibility index (Phi) is 38.8. The zero-order valence-corrected chi connectivity index (χ0v) is 36.3. The van der Waals surface area contributed by atoms with Gasteiger partial charge < -0.3 is 14.4 Å². The van der Waals surface area contributed by atoms with Gasteiger partial charge in [0, 0.05) is 12.8 Å². The molecule has 0 rings (SSSR count). The van der Waals surface area contributed by atoms with Crippen LogP contribution in [0.25, 0.3) is 0 Å². The number of rotatable bonds is 41. The molecule has 0 saturated heterocycles. The molecule has 0 bridgehead atoms. The van der Waals surface area contributed by atoms with E-state index >= 15 is 0 Å². The Balaban J connectivity index is 3.86. The Morgan fingerprint density at radius 2 is 0.673 bits per heavy atom. The molecule has 0 aromatic carbocycles. The fourth-order valence-corrected chi connectivity index (χ4v) is 7.69. The number of hydrogen-bond donors (Lipinski definition) is 0. The Morgan fingerprint density at radius 1 is 0.385 bits per heavy atom. The van der Waals surface area contributed by atoms with Crippen LogP contribution in [0.1, 0.15) is 240 Å². The zero-order chi connectivity index (χ0) is 38.3. The number of unbranched alkanes of at least 4 members (excludes halogenated alkanes) is 18. The summed E-state index contributed by atoms with van der Waals surface area (Å²) in [4.78, 5) is 27.0. The van der Waals surface area contributed by atoms with E-state index in [-0.39, 0.29) is 11.9 Å². The maximum atomic E-state index is 12.3. The molecular weight excluding hydrogens is 643 g/mol. The van der Waals surface area contributed by atoms with Crippen molar-refractivity contribution in [2.45, 2.75) is 240 Å². The first-order valence-corrected chi connectivity index (χ1v) is 23.3. The number of carbonyl (C=O) groups is 2. The molecule has 0 aromatic heterocycles. The topological polar surface area (TPSA) is 55.8 Å². The van der Waals surface area contributed by atoms with Gasteiger partial charge in [0.1, 0.15) is 0 Å². The van der Waals surface area contributed by atoms with Crippen LogP contribution in [0, 0.1) is 17.8 Å². The molecule has 0 heterocycles. The van der Waals surface area contributed by atoms with Crippen molar-refractivity contribution < 1.29 is 19.1 Å². The van der Waals surface area contributed by atoms with Crippen molar-refractivity contribution in [3.63, 3.8) is 0 Å². The van der Waals surface area contributed by atoms with Gasteiger partial charge in [0.15, 0.2) is 0 Å². The molecule has 0 aromatic rings. The van der Waals surface area contributed by atoms with E-state index in [0.717, 1.165) is 18.8 Å². The lowest BCUT2D eigenvalue weighted by Crippen LogP contribution is -2.17. The predicted octanol–water partition coefficient (Wildman–Crippen LogP) is 14.4. The standard InChI is InChI=1S/C47H93NO4/c1-7-11-31-44(32-12-8-2)41-46(49)51-39-29-25-21-17-15-19-23-27-35-43(37-38-48(5)6)36-28-24-20-16-18-22-26-30-40-52-47(50)42-45(33-13-9-3)34-14-10-4/h43-45H,7-42H2,1-6H3. The van der Waals surface area contributed by atoms with Crippen LogP contribution < -0.4 is 0 Å².